The first-order valence-corrected chi connectivity index (χ1v) is 7.72. The van der Waals surface area contributed by atoms with Gasteiger partial charge in [0.15, 0.2) is 0 Å². The van der Waals surface area contributed by atoms with E-state index in [0.717, 1.165) is 11.1 Å². The van der Waals surface area contributed by atoms with Crippen LogP contribution >= 0.6 is 10.7 Å². The van der Waals surface area contributed by atoms with E-state index in [4.69, 9.17) is 10.7 Å². The molecule has 0 saturated carbocycles. The summed E-state index contributed by atoms with van der Waals surface area (Å²) in [4.78, 5) is 0.0674. The van der Waals surface area contributed by atoms with Crippen molar-refractivity contribution in [3.63, 3.8) is 0 Å². The highest BCUT2D eigenvalue weighted by atomic mass is 35.7. The molecule has 96 valence electrons. The summed E-state index contributed by atoms with van der Waals surface area (Å²) in [5, 5.41) is 4.07. The Bertz CT molecular complexity index is 677. The van der Waals surface area contributed by atoms with Gasteiger partial charge in [0.2, 0.25) is 0 Å². The van der Waals surface area contributed by atoms with Crippen molar-refractivity contribution < 1.29 is 8.42 Å². The van der Waals surface area contributed by atoms with Crippen molar-refractivity contribution in [1.29, 1.82) is 0 Å². The fraction of sp³-hybridized carbons (Fsp3) is 0.250. The molecule has 0 unspecified atom stereocenters. The van der Waals surface area contributed by atoms with Gasteiger partial charge in [0.05, 0.1) is 18.4 Å². The molecule has 18 heavy (non-hydrogen) atoms. The molecule has 0 N–H and O–H groups in total. The van der Waals surface area contributed by atoms with Crippen molar-refractivity contribution in [2.45, 2.75) is 25.3 Å². The van der Waals surface area contributed by atoms with Crippen molar-refractivity contribution in [3.05, 3.63) is 47.3 Å². The van der Waals surface area contributed by atoms with Crippen LogP contribution in [0.25, 0.3) is 0 Å². The Hall–Kier alpha value is -1.33. The highest BCUT2D eigenvalue weighted by Gasteiger charge is 2.18. The van der Waals surface area contributed by atoms with Gasteiger partial charge in [-0.2, -0.15) is 5.10 Å². The van der Waals surface area contributed by atoms with E-state index >= 15 is 0 Å². The highest BCUT2D eigenvalue weighted by molar-refractivity contribution is 8.13. The first-order chi connectivity index (χ1) is 8.39. The Balaban J connectivity index is 2.38. The van der Waals surface area contributed by atoms with Crippen LogP contribution in [0.4, 0.5) is 0 Å². The number of nitrogens with zero attached hydrogens (tertiary/aromatic N) is 2. The van der Waals surface area contributed by atoms with Gasteiger partial charge in [-0.1, -0.05) is 24.3 Å². The van der Waals surface area contributed by atoms with Crippen LogP contribution in [-0.4, -0.2) is 18.2 Å². The van der Waals surface area contributed by atoms with Crippen molar-refractivity contribution >= 4 is 19.7 Å². The van der Waals surface area contributed by atoms with Crippen LogP contribution < -0.4 is 0 Å². The van der Waals surface area contributed by atoms with E-state index in [1.165, 1.54) is 6.20 Å². The van der Waals surface area contributed by atoms with E-state index < -0.39 is 9.05 Å². The smallest absolute Gasteiger partial charge is 0.264 e. The molecule has 0 saturated heterocycles. The fourth-order valence-corrected chi connectivity index (χ4v) is 2.86. The van der Waals surface area contributed by atoms with Crippen LogP contribution in [0, 0.1) is 13.8 Å². The lowest BCUT2D eigenvalue weighted by atomic mass is 10.1. The van der Waals surface area contributed by atoms with E-state index in [9.17, 15) is 8.42 Å². The average Bonchev–Trinajstić information content (AvgIpc) is 2.63. The topological polar surface area (TPSA) is 52.0 Å². The van der Waals surface area contributed by atoms with Crippen LogP contribution in [0.5, 0.6) is 0 Å². The summed E-state index contributed by atoms with van der Waals surface area (Å²) in [6, 6.07) is 7.91. The molecule has 0 aliphatic rings. The minimum Gasteiger partial charge on any atom is -0.264 e. The third-order valence-corrected chi connectivity index (χ3v) is 4.33. The van der Waals surface area contributed by atoms with Gasteiger partial charge in [-0.25, -0.2) is 8.42 Å². The van der Waals surface area contributed by atoms with Crippen LogP contribution in [0.2, 0.25) is 0 Å². The fourth-order valence-electron chi connectivity index (χ4n) is 1.78. The summed E-state index contributed by atoms with van der Waals surface area (Å²) in [7, 11) is 1.60. The van der Waals surface area contributed by atoms with E-state index in [1.54, 1.807) is 11.6 Å². The summed E-state index contributed by atoms with van der Waals surface area (Å²) in [6.07, 6.45) is 1.29. The van der Waals surface area contributed by atoms with Gasteiger partial charge in [0, 0.05) is 10.7 Å². The Morgan fingerprint density at radius 1 is 1.28 bits per heavy atom. The summed E-state index contributed by atoms with van der Waals surface area (Å²) in [6.45, 7) is 4.23. The maximum atomic E-state index is 11.3. The molecule has 0 bridgehead atoms. The number of benzene rings is 1. The largest absolute Gasteiger partial charge is 0.264 e. The van der Waals surface area contributed by atoms with Crippen molar-refractivity contribution in [2.75, 3.05) is 0 Å². The molecule has 1 aromatic heterocycles. The third kappa shape index (κ3) is 2.57. The molecular formula is C12H13ClN2O2S. The Kier molecular flexibility index (Phi) is 3.45. The molecule has 0 atom stereocenters. The SMILES string of the molecule is Cc1ccccc1Cn1ncc(S(=O)(=O)Cl)c1C. The zero-order valence-electron chi connectivity index (χ0n) is 10.1. The number of aryl methyl sites for hydroxylation is 1. The van der Waals surface area contributed by atoms with Crippen LogP contribution in [-0.2, 0) is 15.6 Å². The Morgan fingerprint density at radius 2 is 1.94 bits per heavy atom. The quantitative estimate of drug-likeness (QED) is 0.814. The lowest BCUT2D eigenvalue weighted by Gasteiger charge is -2.07. The summed E-state index contributed by atoms with van der Waals surface area (Å²) < 4.78 is 24.2. The third-order valence-electron chi connectivity index (χ3n) is 2.90. The van der Waals surface area contributed by atoms with Crippen molar-refractivity contribution in [2.24, 2.45) is 0 Å². The van der Waals surface area contributed by atoms with Gasteiger partial charge < -0.3 is 0 Å². The number of rotatable bonds is 3. The van der Waals surface area contributed by atoms with Crippen LogP contribution in [0.1, 0.15) is 16.8 Å². The van der Waals surface area contributed by atoms with Gasteiger partial charge in [-0.15, -0.1) is 0 Å². The molecule has 0 aliphatic heterocycles. The summed E-state index contributed by atoms with van der Waals surface area (Å²) in [5.74, 6) is 0. The molecule has 2 aromatic rings. The van der Waals surface area contributed by atoms with Crippen molar-refractivity contribution in [3.8, 4) is 0 Å². The second-order valence-electron chi connectivity index (χ2n) is 4.12. The summed E-state index contributed by atoms with van der Waals surface area (Å²) >= 11 is 0. The molecular weight excluding hydrogens is 272 g/mol. The number of halogens is 1. The van der Waals surface area contributed by atoms with E-state index in [1.807, 2.05) is 31.2 Å². The van der Waals surface area contributed by atoms with Gasteiger partial charge in [-0.05, 0) is 25.0 Å². The van der Waals surface area contributed by atoms with Crippen molar-refractivity contribution in [1.82, 2.24) is 9.78 Å². The minimum absolute atomic E-state index is 0.0674. The lowest BCUT2D eigenvalue weighted by molar-refractivity contribution is 0.607. The molecule has 1 aromatic carbocycles. The predicted molar refractivity (Wildman–Crippen MR) is 70.3 cm³/mol. The Labute approximate surface area is 111 Å². The minimum atomic E-state index is -3.73. The van der Waals surface area contributed by atoms with Gasteiger partial charge in [0.25, 0.3) is 9.05 Å². The predicted octanol–water partition coefficient (Wildman–Crippen LogP) is 2.48. The van der Waals surface area contributed by atoms with Crippen LogP contribution in [0.3, 0.4) is 0 Å². The molecule has 0 amide bonds. The molecule has 2 rings (SSSR count). The molecule has 4 nitrogen and oxygen atoms in total. The van der Waals surface area contributed by atoms with E-state index in [0.29, 0.717) is 12.2 Å². The molecule has 0 spiro atoms. The average molecular weight is 285 g/mol. The van der Waals surface area contributed by atoms with Gasteiger partial charge >= 0.3 is 0 Å². The van der Waals surface area contributed by atoms with Gasteiger partial charge in [-0.3, -0.25) is 4.68 Å². The number of aromatic nitrogens is 2. The van der Waals surface area contributed by atoms with E-state index in [-0.39, 0.29) is 4.90 Å². The highest BCUT2D eigenvalue weighted by Crippen LogP contribution is 2.20. The first-order valence-electron chi connectivity index (χ1n) is 5.41. The van der Waals surface area contributed by atoms with Crippen LogP contribution in [0.15, 0.2) is 35.4 Å². The molecule has 1 heterocycles. The zero-order chi connectivity index (χ0) is 13.3. The maximum Gasteiger partial charge on any atom is 0.264 e. The van der Waals surface area contributed by atoms with Gasteiger partial charge in [0.1, 0.15) is 4.90 Å². The second kappa shape index (κ2) is 4.74. The summed E-state index contributed by atoms with van der Waals surface area (Å²) in [5.41, 5.74) is 2.79. The first kappa shape index (κ1) is 13.1. The van der Waals surface area contributed by atoms with E-state index in [2.05, 4.69) is 5.10 Å². The second-order valence-corrected chi connectivity index (χ2v) is 6.65. The number of hydrogen-bond donors (Lipinski definition) is 0. The maximum absolute atomic E-state index is 11.3. The zero-order valence-corrected chi connectivity index (χ0v) is 11.7. The molecule has 0 radical (unpaired) electrons. The molecule has 0 aliphatic carbocycles. The Morgan fingerprint density at radius 3 is 2.50 bits per heavy atom. The number of hydrogen-bond acceptors (Lipinski definition) is 3. The lowest BCUT2D eigenvalue weighted by Crippen LogP contribution is -2.06. The molecule has 0 fully saturated rings. The standard InChI is InChI=1S/C12H13ClN2O2S/c1-9-5-3-4-6-11(9)8-15-10(2)12(7-14-15)18(13,16)17/h3-7H,8H2,1-2H3. The normalized spacial score (nSPS) is 11.7. The monoisotopic (exact) mass is 284 g/mol. The molecule has 6 heteroatoms.